The van der Waals surface area contributed by atoms with E-state index in [1.54, 1.807) is 48.5 Å². The number of carbonyl (C=O) groups excluding carboxylic acids is 1. The molecule has 0 radical (unpaired) electrons. The SMILES string of the molecule is O=C(Oc1ccc2c(Cc3ccccc3F)noc2c1)c1ccncc1. The molecule has 2 aromatic carbocycles. The highest BCUT2D eigenvalue weighted by Crippen LogP contribution is 2.26. The van der Waals surface area contributed by atoms with Crippen LogP contribution >= 0.6 is 0 Å². The average Bonchev–Trinajstić information content (AvgIpc) is 3.06. The van der Waals surface area contributed by atoms with Gasteiger partial charge >= 0.3 is 5.97 Å². The second-order valence-corrected chi connectivity index (χ2v) is 5.68. The Bertz CT molecular complexity index is 1080. The molecule has 26 heavy (non-hydrogen) atoms. The number of halogens is 1. The van der Waals surface area contributed by atoms with Crippen molar-refractivity contribution in [1.82, 2.24) is 10.1 Å². The van der Waals surface area contributed by atoms with E-state index >= 15 is 0 Å². The summed E-state index contributed by atoms with van der Waals surface area (Å²) in [7, 11) is 0. The van der Waals surface area contributed by atoms with Crippen molar-refractivity contribution in [3.63, 3.8) is 0 Å². The van der Waals surface area contributed by atoms with E-state index in [0.29, 0.717) is 34.6 Å². The summed E-state index contributed by atoms with van der Waals surface area (Å²) in [4.78, 5) is 16.0. The van der Waals surface area contributed by atoms with E-state index in [1.165, 1.54) is 18.5 Å². The number of hydrogen-bond donors (Lipinski definition) is 0. The molecule has 0 N–H and O–H groups in total. The molecule has 2 aromatic heterocycles. The van der Waals surface area contributed by atoms with Gasteiger partial charge in [-0.25, -0.2) is 9.18 Å². The molecule has 4 rings (SSSR count). The highest BCUT2D eigenvalue weighted by molar-refractivity contribution is 5.91. The minimum absolute atomic E-state index is 0.286. The van der Waals surface area contributed by atoms with Crippen LogP contribution < -0.4 is 4.74 Å². The first kappa shape index (κ1) is 16.0. The smallest absolute Gasteiger partial charge is 0.343 e. The van der Waals surface area contributed by atoms with E-state index < -0.39 is 5.97 Å². The van der Waals surface area contributed by atoms with E-state index in [1.807, 2.05) is 0 Å². The summed E-state index contributed by atoms with van der Waals surface area (Å²) in [6.45, 7) is 0. The molecular weight excluding hydrogens is 335 g/mol. The van der Waals surface area contributed by atoms with Crippen LogP contribution in [0.25, 0.3) is 11.0 Å². The van der Waals surface area contributed by atoms with Crippen LogP contribution in [0.2, 0.25) is 0 Å². The van der Waals surface area contributed by atoms with Gasteiger partial charge in [0.05, 0.1) is 11.3 Å². The van der Waals surface area contributed by atoms with E-state index in [0.717, 1.165) is 5.39 Å². The predicted molar refractivity (Wildman–Crippen MR) is 92.4 cm³/mol. The Kier molecular flexibility index (Phi) is 4.15. The Hall–Kier alpha value is -3.54. The molecule has 5 nitrogen and oxygen atoms in total. The largest absolute Gasteiger partial charge is 0.423 e. The minimum atomic E-state index is -0.488. The maximum Gasteiger partial charge on any atom is 0.343 e. The van der Waals surface area contributed by atoms with E-state index in [2.05, 4.69) is 10.1 Å². The summed E-state index contributed by atoms with van der Waals surface area (Å²) in [5.41, 5.74) is 2.03. The van der Waals surface area contributed by atoms with E-state index in [-0.39, 0.29) is 5.82 Å². The Morgan fingerprint density at radius 1 is 1.08 bits per heavy atom. The van der Waals surface area contributed by atoms with Gasteiger partial charge in [0, 0.05) is 30.3 Å². The summed E-state index contributed by atoms with van der Waals surface area (Å²) < 4.78 is 24.5. The lowest BCUT2D eigenvalue weighted by Crippen LogP contribution is -2.08. The third kappa shape index (κ3) is 3.17. The van der Waals surface area contributed by atoms with Gasteiger partial charge in [-0.1, -0.05) is 23.4 Å². The number of esters is 1. The van der Waals surface area contributed by atoms with Gasteiger partial charge in [0.1, 0.15) is 11.6 Å². The van der Waals surface area contributed by atoms with Crippen LogP contribution in [-0.4, -0.2) is 16.1 Å². The number of fused-ring (bicyclic) bond motifs is 1. The fourth-order valence-corrected chi connectivity index (χ4v) is 2.64. The summed E-state index contributed by atoms with van der Waals surface area (Å²) in [5.74, 6) is -0.433. The molecule has 0 amide bonds. The van der Waals surface area contributed by atoms with Gasteiger partial charge in [-0.3, -0.25) is 4.98 Å². The molecule has 0 atom stereocenters. The second-order valence-electron chi connectivity index (χ2n) is 5.68. The second kappa shape index (κ2) is 6.76. The summed E-state index contributed by atoms with van der Waals surface area (Å²) in [6.07, 6.45) is 3.35. The van der Waals surface area contributed by atoms with Crippen molar-refractivity contribution in [2.45, 2.75) is 6.42 Å². The normalized spacial score (nSPS) is 10.8. The lowest BCUT2D eigenvalue weighted by Gasteiger charge is -2.04. The molecule has 0 saturated heterocycles. The summed E-state index contributed by atoms with van der Waals surface area (Å²) in [6, 6.07) is 14.7. The zero-order valence-electron chi connectivity index (χ0n) is 13.6. The van der Waals surface area contributed by atoms with Crippen LogP contribution in [0.3, 0.4) is 0 Å². The molecule has 0 bridgehead atoms. The molecular formula is C20H13FN2O3. The quantitative estimate of drug-likeness (QED) is 0.409. The van der Waals surface area contributed by atoms with E-state index in [4.69, 9.17) is 9.26 Å². The molecule has 4 aromatic rings. The van der Waals surface area contributed by atoms with Crippen LogP contribution in [0, 0.1) is 5.82 Å². The molecule has 0 aliphatic carbocycles. The molecule has 0 unspecified atom stereocenters. The number of benzene rings is 2. The standard InChI is InChI=1S/C20H13FN2O3/c21-17-4-2-1-3-14(17)11-18-16-6-5-15(12-19(16)26-23-18)25-20(24)13-7-9-22-10-8-13/h1-10,12H,11H2. The Morgan fingerprint density at radius 3 is 2.69 bits per heavy atom. The van der Waals surface area contributed by atoms with E-state index in [9.17, 15) is 9.18 Å². The molecule has 0 aliphatic rings. The molecule has 0 fully saturated rings. The highest BCUT2D eigenvalue weighted by atomic mass is 19.1. The molecule has 0 saturated carbocycles. The Balaban J connectivity index is 1.57. The maximum absolute atomic E-state index is 13.8. The van der Waals surface area contributed by atoms with Crippen molar-refractivity contribution in [2.75, 3.05) is 0 Å². The first-order valence-electron chi connectivity index (χ1n) is 7.94. The van der Waals surface area contributed by atoms with Crippen LogP contribution in [0.4, 0.5) is 4.39 Å². The fraction of sp³-hybridized carbons (Fsp3) is 0.0500. The predicted octanol–water partition coefficient (Wildman–Crippen LogP) is 4.17. The topological polar surface area (TPSA) is 65.2 Å². The highest BCUT2D eigenvalue weighted by Gasteiger charge is 2.14. The third-order valence-electron chi connectivity index (χ3n) is 3.96. The molecule has 2 heterocycles. The zero-order valence-corrected chi connectivity index (χ0v) is 13.6. The first-order chi connectivity index (χ1) is 12.7. The lowest BCUT2D eigenvalue weighted by molar-refractivity contribution is 0.0735. The van der Waals surface area contributed by atoms with Crippen LogP contribution in [-0.2, 0) is 6.42 Å². The van der Waals surface area contributed by atoms with Gasteiger partial charge < -0.3 is 9.26 Å². The maximum atomic E-state index is 13.8. The number of aromatic nitrogens is 2. The molecule has 0 spiro atoms. The lowest BCUT2D eigenvalue weighted by atomic mass is 10.1. The Morgan fingerprint density at radius 2 is 1.88 bits per heavy atom. The molecule has 0 aliphatic heterocycles. The fourth-order valence-electron chi connectivity index (χ4n) is 2.64. The van der Waals surface area contributed by atoms with Crippen molar-refractivity contribution < 1.29 is 18.4 Å². The monoisotopic (exact) mass is 348 g/mol. The number of pyridine rings is 1. The van der Waals surface area contributed by atoms with Gasteiger partial charge in [-0.2, -0.15) is 0 Å². The molecule has 128 valence electrons. The van der Waals surface area contributed by atoms with Crippen molar-refractivity contribution >= 4 is 16.9 Å². The number of nitrogens with zero attached hydrogens (tertiary/aromatic N) is 2. The minimum Gasteiger partial charge on any atom is -0.423 e. The average molecular weight is 348 g/mol. The van der Waals surface area contributed by atoms with Crippen LogP contribution in [0.5, 0.6) is 5.75 Å². The summed E-state index contributed by atoms with van der Waals surface area (Å²) >= 11 is 0. The third-order valence-corrected chi connectivity index (χ3v) is 3.96. The van der Waals surface area contributed by atoms with Gasteiger partial charge in [0.25, 0.3) is 0 Å². The van der Waals surface area contributed by atoms with Gasteiger partial charge in [0.15, 0.2) is 5.58 Å². The molecule has 6 heteroatoms. The number of hydrogen-bond acceptors (Lipinski definition) is 5. The van der Waals surface area contributed by atoms with Crippen molar-refractivity contribution in [3.8, 4) is 5.75 Å². The number of rotatable bonds is 4. The van der Waals surface area contributed by atoms with Gasteiger partial charge in [0.2, 0.25) is 0 Å². The van der Waals surface area contributed by atoms with Crippen molar-refractivity contribution in [1.29, 1.82) is 0 Å². The van der Waals surface area contributed by atoms with Gasteiger partial charge in [-0.15, -0.1) is 0 Å². The van der Waals surface area contributed by atoms with Crippen molar-refractivity contribution in [2.24, 2.45) is 0 Å². The van der Waals surface area contributed by atoms with Crippen LogP contribution in [0.1, 0.15) is 21.6 Å². The van der Waals surface area contributed by atoms with Crippen molar-refractivity contribution in [3.05, 3.63) is 89.6 Å². The summed E-state index contributed by atoms with van der Waals surface area (Å²) in [5, 5.41) is 4.77. The Labute approximate surface area is 148 Å². The van der Waals surface area contributed by atoms with Crippen LogP contribution in [0.15, 0.2) is 71.5 Å². The number of carbonyl (C=O) groups is 1. The first-order valence-corrected chi connectivity index (χ1v) is 7.94. The zero-order chi connectivity index (χ0) is 17.9. The number of ether oxygens (including phenoxy) is 1. The van der Waals surface area contributed by atoms with Gasteiger partial charge in [-0.05, 0) is 35.9 Å².